The molecule has 0 spiro atoms. The third kappa shape index (κ3) is 6.34. The topological polar surface area (TPSA) is 16.4 Å². The summed E-state index contributed by atoms with van der Waals surface area (Å²) in [5, 5.41) is 3.59. The Morgan fingerprint density at radius 2 is 0.786 bits per heavy atom. The molecule has 0 atom stereocenters. The van der Waals surface area contributed by atoms with Crippen molar-refractivity contribution in [3.63, 3.8) is 0 Å². The largest absolute Gasteiger partial charge is 0.455 e. The average Bonchev–Trinajstić information content (AvgIpc) is 3.68. The van der Waals surface area contributed by atoms with Crippen LogP contribution < -0.4 is 4.90 Å². The molecule has 1 heterocycles. The number of benzene rings is 9. The number of para-hydroxylation sites is 1. The van der Waals surface area contributed by atoms with Crippen LogP contribution in [-0.2, 0) is 0 Å². The molecule has 10 aromatic rings. The van der Waals surface area contributed by atoms with Gasteiger partial charge in [-0.1, -0.05) is 170 Å². The third-order valence-corrected chi connectivity index (χ3v) is 10.7. The summed E-state index contributed by atoms with van der Waals surface area (Å²) in [5.41, 5.74) is 14.5. The molecule has 0 saturated heterocycles. The van der Waals surface area contributed by atoms with Crippen LogP contribution in [-0.4, -0.2) is 0 Å². The maximum Gasteiger partial charge on any atom is 0.143 e. The number of fused-ring (bicyclic) bond motifs is 2. The summed E-state index contributed by atoms with van der Waals surface area (Å²) >= 11 is 0. The predicted molar refractivity (Wildman–Crippen MR) is 236 cm³/mol. The van der Waals surface area contributed by atoms with Crippen molar-refractivity contribution in [3.8, 4) is 55.8 Å². The van der Waals surface area contributed by atoms with E-state index >= 15 is 0 Å². The number of anilines is 3. The number of nitrogens with zero attached hydrogens (tertiary/aromatic N) is 1. The second-order valence-electron chi connectivity index (χ2n) is 14.2. The smallest absolute Gasteiger partial charge is 0.143 e. The molecular formula is C54H37NO. The summed E-state index contributed by atoms with van der Waals surface area (Å²) in [4.78, 5) is 2.35. The molecule has 9 aromatic carbocycles. The molecule has 0 N–H and O–H groups in total. The summed E-state index contributed by atoms with van der Waals surface area (Å²) in [6.45, 7) is 0. The van der Waals surface area contributed by atoms with Gasteiger partial charge in [-0.25, -0.2) is 0 Å². The van der Waals surface area contributed by atoms with Gasteiger partial charge in [0.2, 0.25) is 0 Å². The van der Waals surface area contributed by atoms with Crippen LogP contribution in [0.3, 0.4) is 0 Å². The predicted octanol–water partition coefficient (Wildman–Crippen LogP) is 15.4. The molecular weight excluding hydrogens is 679 g/mol. The zero-order chi connectivity index (χ0) is 37.3. The fourth-order valence-corrected chi connectivity index (χ4v) is 7.86. The highest BCUT2D eigenvalue weighted by atomic mass is 16.3. The molecule has 1 aromatic heterocycles. The minimum atomic E-state index is 0.882. The zero-order valence-corrected chi connectivity index (χ0v) is 30.7. The Hall–Kier alpha value is -7.42. The summed E-state index contributed by atoms with van der Waals surface area (Å²) < 4.78 is 6.57. The number of furan rings is 1. The normalized spacial score (nSPS) is 11.2. The molecule has 0 bridgehead atoms. The van der Waals surface area contributed by atoms with Gasteiger partial charge in [-0.05, 0) is 104 Å². The summed E-state index contributed by atoms with van der Waals surface area (Å²) in [7, 11) is 0. The molecule has 56 heavy (non-hydrogen) atoms. The Morgan fingerprint density at radius 1 is 0.286 bits per heavy atom. The highest BCUT2D eigenvalue weighted by Gasteiger charge is 2.19. The Kier molecular flexibility index (Phi) is 8.55. The minimum Gasteiger partial charge on any atom is -0.455 e. The Bertz CT molecular complexity index is 2940. The van der Waals surface area contributed by atoms with Crippen molar-refractivity contribution in [2.75, 3.05) is 4.90 Å². The van der Waals surface area contributed by atoms with Crippen LogP contribution in [0.25, 0.3) is 77.6 Å². The van der Waals surface area contributed by atoms with Crippen LogP contribution in [0, 0.1) is 0 Å². The lowest BCUT2D eigenvalue weighted by atomic mass is 9.96. The molecule has 264 valence electrons. The van der Waals surface area contributed by atoms with Gasteiger partial charge in [0.05, 0.1) is 0 Å². The van der Waals surface area contributed by atoms with Crippen LogP contribution in [0.5, 0.6) is 0 Å². The summed E-state index contributed by atoms with van der Waals surface area (Å²) in [6.07, 6.45) is 0. The lowest BCUT2D eigenvalue weighted by molar-refractivity contribution is 0.632. The molecule has 0 aliphatic carbocycles. The van der Waals surface area contributed by atoms with Crippen LogP contribution in [0.1, 0.15) is 0 Å². The lowest BCUT2D eigenvalue weighted by Crippen LogP contribution is -2.10. The standard InChI is InChI=1S/C54H37NO/c1-3-13-38(14-4-1)40-27-31-48(32-28-40)55(50-22-12-20-45(37-50)46-26-25-39-15-7-8-18-43(39)35-46)49-33-29-41(30-34-49)44-19-11-21-47(36-44)54-53(42-16-5-2-6-17-42)51-23-9-10-24-52(51)56-54/h1-37H. The van der Waals surface area contributed by atoms with E-state index in [4.69, 9.17) is 4.42 Å². The first-order chi connectivity index (χ1) is 27.7. The van der Waals surface area contributed by atoms with Crippen molar-refractivity contribution in [2.24, 2.45) is 0 Å². The van der Waals surface area contributed by atoms with E-state index in [1.54, 1.807) is 0 Å². The van der Waals surface area contributed by atoms with Gasteiger partial charge >= 0.3 is 0 Å². The van der Waals surface area contributed by atoms with Crippen LogP contribution >= 0.6 is 0 Å². The van der Waals surface area contributed by atoms with E-state index in [-0.39, 0.29) is 0 Å². The maximum absolute atomic E-state index is 6.57. The van der Waals surface area contributed by atoms with Gasteiger partial charge in [-0.3, -0.25) is 0 Å². The molecule has 2 nitrogen and oxygen atoms in total. The number of hydrogen-bond acceptors (Lipinski definition) is 2. The molecule has 0 aliphatic rings. The number of rotatable bonds is 8. The maximum atomic E-state index is 6.57. The van der Waals surface area contributed by atoms with E-state index in [0.717, 1.165) is 61.6 Å². The molecule has 0 fully saturated rings. The first-order valence-corrected chi connectivity index (χ1v) is 19.1. The average molecular weight is 716 g/mol. The highest BCUT2D eigenvalue weighted by molar-refractivity contribution is 6.02. The summed E-state index contributed by atoms with van der Waals surface area (Å²) in [6, 6.07) is 79.9. The minimum absolute atomic E-state index is 0.882. The quantitative estimate of drug-likeness (QED) is 0.156. The molecule has 0 radical (unpaired) electrons. The van der Waals surface area contributed by atoms with Crippen LogP contribution in [0.4, 0.5) is 17.1 Å². The molecule has 0 amide bonds. The fraction of sp³-hybridized carbons (Fsp3) is 0. The Morgan fingerprint density at radius 3 is 1.52 bits per heavy atom. The molecule has 10 rings (SSSR count). The van der Waals surface area contributed by atoms with Gasteiger partial charge in [0.15, 0.2) is 0 Å². The van der Waals surface area contributed by atoms with E-state index in [9.17, 15) is 0 Å². The zero-order valence-electron chi connectivity index (χ0n) is 30.7. The van der Waals surface area contributed by atoms with Crippen molar-refractivity contribution in [1.82, 2.24) is 0 Å². The molecule has 0 saturated carbocycles. The van der Waals surface area contributed by atoms with Crippen molar-refractivity contribution in [2.45, 2.75) is 0 Å². The highest BCUT2D eigenvalue weighted by Crippen LogP contribution is 2.43. The first kappa shape index (κ1) is 33.2. The Labute approximate surface area is 327 Å². The van der Waals surface area contributed by atoms with Crippen LogP contribution in [0.15, 0.2) is 229 Å². The molecule has 0 unspecified atom stereocenters. The van der Waals surface area contributed by atoms with Gasteiger partial charge < -0.3 is 9.32 Å². The van der Waals surface area contributed by atoms with Gasteiger partial charge in [0.25, 0.3) is 0 Å². The second kappa shape index (κ2) is 14.4. The summed E-state index contributed by atoms with van der Waals surface area (Å²) in [5.74, 6) is 0.882. The van der Waals surface area contributed by atoms with Crippen LogP contribution in [0.2, 0.25) is 0 Å². The van der Waals surface area contributed by atoms with Crippen molar-refractivity contribution in [3.05, 3.63) is 224 Å². The van der Waals surface area contributed by atoms with Gasteiger partial charge in [-0.2, -0.15) is 0 Å². The second-order valence-corrected chi connectivity index (χ2v) is 14.2. The lowest BCUT2D eigenvalue weighted by Gasteiger charge is -2.26. The number of hydrogen-bond donors (Lipinski definition) is 0. The van der Waals surface area contributed by atoms with Gasteiger partial charge in [0.1, 0.15) is 11.3 Å². The van der Waals surface area contributed by atoms with Gasteiger partial charge in [0, 0.05) is 33.6 Å². The van der Waals surface area contributed by atoms with Gasteiger partial charge in [-0.15, -0.1) is 0 Å². The van der Waals surface area contributed by atoms with E-state index in [1.165, 1.54) is 33.0 Å². The third-order valence-electron chi connectivity index (χ3n) is 10.7. The fourth-order valence-electron chi connectivity index (χ4n) is 7.86. The van der Waals surface area contributed by atoms with Crippen molar-refractivity contribution in [1.29, 1.82) is 0 Å². The van der Waals surface area contributed by atoms with E-state index in [2.05, 4.69) is 217 Å². The molecule has 0 aliphatic heterocycles. The van der Waals surface area contributed by atoms with Crippen molar-refractivity contribution >= 4 is 38.8 Å². The SMILES string of the molecule is c1ccc(-c2ccc(N(c3ccc(-c4cccc(-c5oc6ccccc6c5-c5ccccc5)c4)cc3)c3cccc(-c4ccc5ccccc5c4)c3)cc2)cc1. The molecule has 2 heteroatoms. The van der Waals surface area contributed by atoms with E-state index in [1.807, 2.05) is 12.1 Å². The Balaban J connectivity index is 1.03. The van der Waals surface area contributed by atoms with E-state index in [0.29, 0.717) is 0 Å². The first-order valence-electron chi connectivity index (χ1n) is 19.1. The van der Waals surface area contributed by atoms with E-state index < -0.39 is 0 Å². The van der Waals surface area contributed by atoms with Crippen molar-refractivity contribution < 1.29 is 4.42 Å². The monoisotopic (exact) mass is 715 g/mol.